The summed E-state index contributed by atoms with van der Waals surface area (Å²) in [5, 5.41) is 24.0. The molecule has 3 rings (SSSR count). The van der Waals surface area contributed by atoms with Gasteiger partial charge in [-0.1, -0.05) is 31.2 Å². The van der Waals surface area contributed by atoms with E-state index in [-0.39, 0.29) is 28.5 Å². The van der Waals surface area contributed by atoms with Crippen LogP contribution in [0, 0.1) is 5.92 Å². The number of carbonyl (C=O) groups is 2. The van der Waals surface area contributed by atoms with Crippen LogP contribution in [0.3, 0.4) is 0 Å². The lowest BCUT2D eigenvalue weighted by Gasteiger charge is -2.27. The second-order valence-electron chi connectivity index (χ2n) is 8.21. The van der Waals surface area contributed by atoms with Crippen molar-refractivity contribution in [2.24, 2.45) is 16.0 Å². The fourth-order valence-electron chi connectivity index (χ4n) is 4.19. The van der Waals surface area contributed by atoms with Gasteiger partial charge in [0, 0.05) is 34.2 Å². The molecule has 9 nitrogen and oxygen atoms in total. The summed E-state index contributed by atoms with van der Waals surface area (Å²) in [7, 11) is 0. The van der Waals surface area contributed by atoms with Gasteiger partial charge in [0.1, 0.15) is 11.5 Å². The van der Waals surface area contributed by atoms with Crippen LogP contribution in [0.15, 0.2) is 81.2 Å². The number of phenols is 2. The number of benzene rings is 2. The molecule has 0 saturated heterocycles. The molecule has 1 aliphatic heterocycles. The number of aliphatic imine (C=N–C) groups is 1. The number of nitrogens with one attached hydrogen (secondary N) is 3. The van der Waals surface area contributed by atoms with Gasteiger partial charge in [0.15, 0.2) is 0 Å². The van der Waals surface area contributed by atoms with E-state index in [4.69, 9.17) is 0 Å². The summed E-state index contributed by atoms with van der Waals surface area (Å²) in [5.74, 6) is -1.38. The first kappa shape index (κ1) is 25.2. The van der Waals surface area contributed by atoms with Crippen LogP contribution < -0.4 is 16.3 Å². The van der Waals surface area contributed by atoms with E-state index in [1.807, 2.05) is 27.7 Å². The molecule has 5 N–H and O–H groups in total. The van der Waals surface area contributed by atoms with E-state index in [0.717, 1.165) is 22.6 Å². The summed E-state index contributed by atoms with van der Waals surface area (Å²) in [6, 6.07) is 12.5. The molecule has 0 aliphatic carbocycles. The Labute approximate surface area is 204 Å². The highest BCUT2D eigenvalue weighted by atomic mass is 16.3. The van der Waals surface area contributed by atoms with E-state index in [0.29, 0.717) is 11.4 Å². The van der Waals surface area contributed by atoms with Crippen molar-refractivity contribution in [3.63, 3.8) is 0 Å². The molecule has 0 bridgehead atoms. The second kappa shape index (κ2) is 10.7. The van der Waals surface area contributed by atoms with Crippen molar-refractivity contribution in [2.75, 3.05) is 0 Å². The molecule has 1 aliphatic rings. The number of aromatic hydroxyl groups is 2. The Bertz CT molecular complexity index is 1290. The number of hydrogen-bond acceptors (Lipinski definition) is 7. The molecule has 35 heavy (non-hydrogen) atoms. The molecule has 1 heterocycles. The summed E-state index contributed by atoms with van der Waals surface area (Å²) in [4.78, 5) is 29.5. The zero-order valence-electron chi connectivity index (χ0n) is 20.3. The third-order valence-corrected chi connectivity index (χ3v) is 5.76. The first-order valence-corrected chi connectivity index (χ1v) is 11.1. The van der Waals surface area contributed by atoms with Crippen molar-refractivity contribution in [3.8, 4) is 11.5 Å². The molecule has 0 saturated carbocycles. The first-order chi connectivity index (χ1) is 16.6. The highest BCUT2D eigenvalue weighted by Gasteiger charge is 2.27. The van der Waals surface area contributed by atoms with Gasteiger partial charge in [-0.3, -0.25) is 20.0 Å². The van der Waals surface area contributed by atoms with Crippen LogP contribution in [0.2, 0.25) is 0 Å². The van der Waals surface area contributed by atoms with Gasteiger partial charge in [0.2, 0.25) is 0 Å². The fourth-order valence-corrected chi connectivity index (χ4v) is 4.19. The highest BCUT2D eigenvalue weighted by molar-refractivity contribution is 6.08. The number of amides is 2. The maximum absolute atomic E-state index is 12.5. The summed E-state index contributed by atoms with van der Waals surface area (Å²) in [6.45, 7) is 9.34. The topological polar surface area (TPSA) is 135 Å². The molecule has 2 amide bonds. The maximum Gasteiger partial charge on any atom is 0.275 e. The number of para-hydroxylation sites is 2. The normalized spacial score (nSPS) is 17.5. The molecule has 2 aromatic carbocycles. The van der Waals surface area contributed by atoms with Gasteiger partial charge in [0.25, 0.3) is 11.8 Å². The Morgan fingerprint density at radius 3 is 2.00 bits per heavy atom. The Kier molecular flexibility index (Phi) is 7.70. The van der Waals surface area contributed by atoms with Crippen molar-refractivity contribution < 1.29 is 19.8 Å². The molecular formula is C26H29N5O4. The summed E-state index contributed by atoms with van der Waals surface area (Å²) in [5.41, 5.74) is 12.8. The second-order valence-corrected chi connectivity index (χ2v) is 8.21. The lowest BCUT2D eigenvalue weighted by Crippen LogP contribution is -2.38. The molecule has 1 unspecified atom stereocenters. The van der Waals surface area contributed by atoms with Crippen LogP contribution in [-0.2, 0) is 0 Å². The van der Waals surface area contributed by atoms with Gasteiger partial charge in [-0.15, -0.1) is 0 Å². The molecule has 0 fully saturated rings. The van der Waals surface area contributed by atoms with E-state index < -0.39 is 11.8 Å². The summed E-state index contributed by atoms with van der Waals surface area (Å²) in [6.07, 6.45) is 0. The molecule has 0 spiro atoms. The Morgan fingerprint density at radius 1 is 0.886 bits per heavy atom. The fraction of sp³-hybridized carbons (Fsp3) is 0.231. The number of phenolic OH excluding ortho intramolecular Hbond substituents is 2. The first-order valence-electron chi connectivity index (χ1n) is 11.1. The van der Waals surface area contributed by atoms with Gasteiger partial charge < -0.3 is 15.6 Å². The quantitative estimate of drug-likeness (QED) is 0.320. The van der Waals surface area contributed by atoms with E-state index >= 15 is 0 Å². The maximum atomic E-state index is 12.5. The highest BCUT2D eigenvalue weighted by Crippen LogP contribution is 2.32. The number of carbonyl (C=O) groups excluding carboxylic acids is 2. The average Bonchev–Trinajstić information content (AvgIpc) is 2.81. The molecule has 0 aromatic heterocycles. The number of rotatable bonds is 6. The van der Waals surface area contributed by atoms with Crippen molar-refractivity contribution in [3.05, 3.63) is 82.2 Å². The lowest BCUT2D eigenvalue weighted by molar-refractivity contribution is 0.0932. The van der Waals surface area contributed by atoms with Crippen LogP contribution in [0.4, 0.5) is 0 Å². The number of allylic oxidation sites excluding steroid dienone is 4. The number of hydrazone groups is 1. The van der Waals surface area contributed by atoms with Gasteiger partial charge in [-0.2, -0.15) is 5.10 Å². The minimum atomic E-state index is -0.524. The van der Waals surface area contributed by atoms with E-state index in [1.54, 1.807) is 31.2 Å². The van der Waals surface area contributed by atoms with Crippen molar-refractivity contribution >= 4 is 23.2 Å². The smallest absolute Gasteiger partial charge is 0.275 e. The standard InChI is InChI=1S/C26H29N5O4/c1-14-23(17(4)28-30-25(34)19-10-6-8-12-21(19)32)15(2)27-16(3)24(14)18(5)29-31-26(35)20-11-7-9-13-22(20)33/h6-14,28,32-33H,1-5H3,(H,30,34)(H,31,35). The predicted molar refractivity (Wildman–Crippen MR) is 135 cm³/mol. The van der Waals surface area contributed by atoms with Crippen LogP contribution >= 0.6 is 0 Å². The third-order valence-electron chi connectivity index (χ3n) is 5.76. The van der Waals surface area contributed by atoms with E-state index in [9.17, 15) is 19.8 Å². The van der Waals surface area contributed by atoms with Crippen LogP contribution in [0.25, 0.3) is 0 Å². The predicted octanol–water partition coefficient (Wildman–Crippen LogP) is 3.80. The number of hydrogen-bond donors (Lipinski definition) is 5. The zero-order valence-corrected chi connectivity index (χ0v) is 20.3. The molecular weight excluding hydrogens is 446 g/mol. The third kappa shape index (κ3) is 5.57. The Morgan fingerprint density at radius 2 is 1.43 bits per heavy atom. The van der Waals surface area contributed by atoms with Gasteiger partial charge >= 0.3 is 0 Å². The average molecular weight is 476 g/mol. The van der Waals surface area contributed by atoms with E-state index in [2.05, 4.69) is 26.4 Å². The number of hydrazine groups is 1. The molecule has 0 radical (unpaired) electrons. The Hall–Kier alpha value is -4.40. The SMILES string of the molecule is CC(=NNC(=O)c1ccccc1O)C1=C(C)N=C(C)C(=C(C)NNC(=O)c2ccccc2O)C1C. The van der Waals surface area contributed by atoms with Crippen LogP contribution in [-0.4, -0.2) is 33.5 Å². The molecule has 1 atom stereocenters. The minimum absolute atomic E-state index is 0.112. The zero-order chi connectivity index (χ0) is 25.7. The van der Waals surface area contributed by atoms with Gasteiger partial charge in [-0.05, 0) is 52.0 Å². The van der Waals surface area contributed by atoms with Gasteiger partial charge in [0.05, 0.1) is 16.8 Å². The molecule has 2 aromatic rings. The molecule has 9 heteroatoms. The Balaban J connectivity index is 1.79. The van der Waals surface area contributed by atoms with Crippen LogP contribution in [0.5, 0.6) is 11.5 Å². The van der Waals surface area contributed by atoms with Crippen molar-refractivity contribution in [1.82, 2.24) is 16.3 Å². The number of nitrogens with zero attached hydrogens (tertiary/aromatic N) is 2. The largest absolute Gasteiger partial charge is 0.507 e. The summed E-state index contributed by atoms with van der Waals surface area (Å²) >= 11 is 0. The van der Waals surface area contributed by atoms with Crippen molar-refractivity contribution in [1.29, 1.82) is 0 Å². The lowest BCUT2D eigenvalue weighted by atomic mass is 9.83. The minimum Gasteiger partial charge on any atom is -0.507 e. The monoisotopic (exact) mass is 475 g/mol. The van der Waals surface area contributed by atoms with E-state index in [1.165, 1.54) is 24.3 Å². The van der Waals surface area contributed by atoms with Gasteiger partial charge in [-0.25, -0.2) is 5.43 Å². The van der Waals surface area contributed by atoms with Crippen LogP contribution in [0.1, 0.15) is 55.3 Å². The van der Waals surface area contributed by atoms with Crippen molar-refractivity contribution in [2.45, 2.75) is 34.6 Å². The summed E-state index contributed by atoms with van der Waals surface area (Å²) < 4.78 is 0. The molecule has 182 valence electrons.